The highest BCUT2D eigenvalue weighted by Crippen LogP contribution is 2.44. The molecule has 1 aliphatic heterocycles. The summed E-state index contributed by atoms with van der Waals surface area (Å²) in [6.45, 7) is 0.707. The van der Waals surface area contributed by atoms with Gasteiger partial charge in [0.15, 0.2) is 0 Å². The van der Waals surface area contributed by atoms with E-state index in [0.717, 1.165) is 5.56 Å². The number of benzene rings is 2. The van der Waals surface area contributed by atoms with Gasteiger partial charge in [0.2, 0.25) is 0 Å². The van der Waals surface area contributed by atoms with Gasteiger partial charge in [-0.1, -0.05) is 65.7 Å². The molecular weight excluding hydrogens is 485 g/mol. The molecule has 0 bridgehead atoms. The second kappa shape index (κ2) is 9.46. The molecular formula is C27H23Cl2N3O3. The zero-order valence-corrected chi connectivity index (χ0v) is 20.2. The summed E-state index contributed by atoms with van der Waals surface area (Å²) < 4.78 is 0. The number of amides is 1. The first-order chi connectivity index (χ1) is 16.9. The number of fused-ring (bicyclic) bond motifs is 1. The molecule has 0 saturated carbocycles. The normalized spacial score (nSPS) is 16.3. The summed E-state index contributed by atoms with van der Waals surface area (Å²) in [5, 5.41) is 23.1. The molecule has 1 saturated heterocycles. The van der Waals surface area contributed by atoms with E-state index in [1.54, 1.807) is 18.5 Å². The van der Waals surface area contributed by atoms with E-state index in [1.165, 1.54) is 4.90 Å². The highest BCUT2D eigenvalue weighted by atomic mass is 35.5. The van der Waals surface area contributed by atoms with Crippen LogP contribution in [0.1, 0.15) is 24.0 Å². The third-order valence-electron chi connectivity index (χ3n) is 6.84. The number of halogens is 2. The van der Waals surface area contributed by atoms with E-state index >= 15 is 0 Å². The molecule has 1 atom stereocenters. The number of rotatable bonds is 4. The molecule has 3 heterocycles. The average Bonchev–Trinajstić information content (AvgIpc) is 2.89. The van der Waals surface area contributed by atoms with Gasteiger partial charge in [0.1, 0.15) is 10.8 Å². The van der Waals surface area contributed by atoms with E-state index in [2.05, 4.69) is 9.97 Å². The maximum absolute atomic E-state index is 12.3. The first-order valence-corrected chi connectivity index (χ1v) is 12.1. The van der Waals surface area contributed by atoms with Gasteiger partial charge in [-0.05, 0) is 48.1 Å². The Morgan fingerprint density at radius 2 is 1.74 bits per heavy atom. The zero-order valence-electron chi connectivity index (χ0n) is 18.7. The Morgan fingerprint density at radius 1 is 1.00 bits per heavy atom. The molecule has 1 amide bonds. The first kappa shape index (κ1) is 23.5. The molecule has 8 heteroatoms. The molecule has 0 aliphatic carbocycles. The van der Waals surface area contributed by atoms with E-state index in [-0.39, 0.29) is 5.92 Å². The number of aliphatic hydroxyl groups is 1. The van der Waals surface area contributed by atoms with Gasteiger partial charge in [-0.2, -0.15) is 0 Å². The monoisotopic (exact) mass is 507 g/mol. The van der Waals surface area contributed by atoms with Gasteiger partial charge in [-0.25, -0.2) is 9.78 Å². The van der Waals surface area contributed by atoms with Crippen LogP contribution in [0.2, 0.25) is 10.2 Å². The predicted molar refractivity (Wildman–Crippen MR) is 137 cm³/mol. The third-order valence-corrected chi connectivity index (χ3v) is 7.50. The minimum Gasteiger partial charge on any atom is -0.465 e. The van der Waals surface area contributed by atoms with Crippen LogP contribution >= 0.6 is 23.2 Å². The predicted octanol–water partition coefficient (Wildman–Crippen LogP) is 6.23. The van der Waals surface area contributed by atoms with Crippen LogP contribution in [0.15, 0.2) is 73.1 Å². The number of carboxylic acid groups (broad SMARTS) is 1. The molecule has 5 rings (SSSR count). The number of likely N-dealkylation sites (tertiary alicyclic amines) is 1. The molecule has 4 aromatic rings. The van der Waals surface area contributed by atoms with Crippen LogP contribution in [0.5, 0.6) is 0 Å². The minimum atomic E-state index is -1.39. The van der Waals surface area contributed by atoms with Gasteiger partial charge in [0, 0.05) is 42.0 Å². The topological polar surface area (TPSA) is 86.5 Å². The third kappa shape index (κ3) is 4.22. The summed E-state index contributed by atoms with van der Waals surface area (Å²) in [7, 11) is 0. The molecule has 1 aliphatic rings. The van der Waals surface area contributed by atoms with Crippen molar-refractivity contribution in [3.8, 4) is 11.1 Å². The highest BCUT2D eigenvalue weighted by Gasteiger charge is 2.42. The van der Waals surface area contributed by atoms with Gasteiger partial charge in [0.05, 0.1) is 10.5 Å². The van der Waals surface area contributed by atoms with Crippen molar-refractivity contribution in [3.05, 3.63) is 94.4 Å². The molecule has 1 unspecified atom stereocenters. The number of piperidine rings is 1. The van der Waals surface area contributed by atoms with Crippen molar-refractivity contribution in [1.29, 1.82) is 0 Å². The van der Waals surface area contributed by atoms with E-state index in [0.29, 0.717) is 63.7 Å². The van der Waals surface area contributed by atoms with E-state index in [1.807, 2.05) is 54.6 Å². The van der Waals surface area contributed by atoms with Crippen molar-refractivity contribution < 1.29 is 15.0 Å². The molecule has 35 heavy (non-hydrogen) atoms. The van der Waals surface area contributed by atoms with Crippen LogP contribution in [-0.2, 0) is 5.60 Å². The lowest BCUT2D eigenvalue weighted by molar-refractivity contribution is -0.0122. The Kier molecular flexibility index (Phi) is 6.36. The Morgan fingerprint density at radius 3 is 2.40 bits per heavy atom. The molecule has 2 N–H and O–H groups in total. The fraction of sp³-hybridized carbons (Fsp3) is 0.222. The summed E-state index contributed by atoms with van der Waals surface area (Å²) in [5.41, 5.74) is 2.02. The lowest BCUT2D eigenvalue weighted by atomic mass is 9.72. The Labute approximate surface area is 212 Å². The van der Waals surface area contributed by atoms with Crippen molar-refractivity contribution in [2.45, 2.75) is 18.4 Å². The van der Waals surface area contributed by atoms with E-state index < -0.39 is 11.7 Å². The van der Waals surface area contributed by atoms with Crippen LogP contribution in [0.4, 0.5) is 4.79 Å². The van der Waals surface area contributed by atoms with Gasteiger partial charge in [-0.15, -0.1) is 0 Å². The quantitative estimate of drug-likeness (QED) is 0.319. The van der Waals surface area contributed by atoms with Gasteiger partial charge in [0.25, 0.3) is 0 Å². The zero-order chi connectivity index (χ0) is 24.6. The molecule has 178 valence electrons. The van der Waals surface area contributed by atoms with E-state index in [9.17, 15) is 15.0 Å². The number of aromatic nitrogens is 2. The Bertz CT molecular complexity index is 1380. The van der Waals surface area contributed by atoms with Crippen molar-refractivity contribution in [1.82, 2.24) is 14.9 Å². The lowest BCUT2D eigenvalue weighted by Crippen LogP contribution is -2.45. The van der Waals surface area contributed by atoms with E-state index in [4.69, 9.17) is 23.2 Å². The van der Waals surface area contributed by atoms with Gasteiger partial charge >= 0.3 is 6.09 Å². The molecule has 0 radical (unpaired) electrons. The molecule has 0 spiro atoms. The fourth-order valence-electron chi connectivity index (χ4n) is 5.00. The van der Waals surface area contributed by atoms with Gasteiger partial charge < -0.3 is 15.1 Å². The summed E-state index contributed by atoms with van der Waals surface area (Å²) >= 11 is 13.4. The Hall–Kier alpha value is -3.19. The number of hydrogen-bond acceptors (Lipinski definition) is 4. The standard InChI is InChI=1S/C27H23Cl2N3O3/c28-24-21-15-19(8-9-22(21)31-25(29)23(24)17-5-2-1-3-6-17)27(35,20-7-4-12-30-16-20)18-10-13-32(14-11-18)26(33)34/h1-9,12,15-16,18,35H,10-11,13-14H2,(H,33,34). The van der Waals surface area contributed by atoms with Crippen molar-refractivity contribution >= 4 is 40.2 Å². The maximum atomic E-state index is 12.3. The molecule has 6 nitrogen and oxygen atoms in total. The number of nitrogens with zero attached hydrogens (tertiary/aromatic N) is 3. The molecule has 2 aromatic carbocycles. The fourth-order valence-corrected chi connectivity index (χ4v) is 5.69. The molecule has 2 aromatic heterocycles. The number of pyridine rings is 2. The molecule has 1 fully saturated rings. The van der Waals surface area contributed by atoms with Crippen LogP contribution in [-0.4, -0.2) is 44.3 Å². The second-order valence-electron chi connectivity index (χ2n) is 8.74. The van der Waals surface area contributed by atoms with Crippen molar-refractivity contribution in [2.24, 2.45) is 5.92 Å². The summed E-state index contributed by atoms with van der Waals surface area (Å²) in [6.07, 6.45) is 3.40. The second-order valence-corrected chi connectivity index (χ2v) is 9.48. The lowest BCUT2D eigenvalue weighted by Gasteiger charge is -2.41. The Balaban J connectivity index is 1.65. The van der Waals surface area contributed by atoms with Crippen LogP contribution in [0, 0.1) is 5.92 Å². The smallest absolute Gasteiger partial charge is 0.407 e. The number of hydrogen-bond donors (Lipinski definition) is 2. The summed E-state index contributed by atoms with van der Waals surface area (Å²) in [5.74, 6) is -0.215. The van der Waals surface area contributed by atoms with Gasteiger partial charge in [-0.3, -0.25) is 4.98 Å². The minimum absolute atomic E-state index is 0.215. The van der Waals surface area contributed by atoms with Crippen LogP contribution in [0.25, 0.3) is 22.0 Å². The largest absolute Gasteiger partial charge is 0.465 e. The highest BCUT2D eigenvalue weighted by molar-refractivity contribution is 6.42. The number of carbonyl (C=O) groups is 1. The summed E-state index contributed by atoms with van der Waals surface area (Å²) in [6, 6.07) is 18.7. The average molecular weight is 508 g/mol. The van der Waals surface area contributed by atoms with Crippen molar-refractivity contribution in [3.63, 3.8) is 0 Å². The first-order valence-electron chi connectivity index (χ1n) is 11.3. The maximum Gasteiger partial charge on any atom is 0.407 e. The van der Waals surface area contributed by atoms with Crippen molar-refractivity contribution in [2.75, 3.05) is 13.1 Å². The SMILES string of the molecule is O=C(O)N1CCC(C(O)(c2cccnc2)c2ccc3nc(Cl)c(-c4ccccc4)c(Cl)c3c2)CC1. The van der Waals surface area contributed by atoms with Crippen LogP contribution in [0.3, 0.4) is 0 Å². The van der Waals surface area contributed by atoms with Crippen LogP contribution < -0.4 is 0 Å². The summed E-state index contributed by atoms with van der Waals surface area (Å²) in [4.78, 5) is 21.6.